The third kappa shape index (κ3) is 9.57. The Kier molecular flexibility index (Phi) is 14.9. The number of hydrogen-bond acceptors (Lipinski definition) is 14. The van der Waals surface area contributed by atoms with E-state index in [0.29, 0.717) is 48.7 Å². The van der Waals surface area contributed by atoms with Crippen LogP contribution in [0.15, 0.2) is 29.1 Å². The molecule has 1 unspecified atom stereocenters. The number of aryl methyl sites for hydroxylation is 1. The number of ether oxygens (including phenoxy) is 4. The van der Waals surface area contributed by atoms with Crippen LogP contribution in [-0.4, -0.2) is 124 Å². The predicted octanol–water partition coefficient (Wildman–Crippen LogP) is 6.48. The molecule has 0 aromatic heterocycles. The van der Waals surface area contributed by atoms with Crippen LogP contribution in [0.1, 0.15) is 114 Å². The van der Waals surface area contributed by atoms with E-state index in [9.17, 15) is 34.8 Å². The second-order valence-electron chi connectivity index (χ2n) is 18.4. The molecular weight excluding hydrogens is 809 g/mol. The first-order valence-electron chi connectivity index (χ1n) is 22.5. The van der Waals surface area contributed by atoms with Crippen molar-refractivity contribution in [2.75, 3.05) is 38.6 Å². The van der Waals surface area contributed by atoms with Crippen molar-refractivity contribution < 1.29 is 53.8 Å². The number of Topliss-reactive ketones (excluding diaryl/α,β-unsaturated/α-hetero) is 1. The number of nitrogens with one attached hydrogen (secondary N) is 1. The molecule has 0 radical (unpaired) electrons. The molecule has 63 heavy (non-hydrogen) atoms. The molecule has 2 aromatic carbocycles. The van der Waals surface area contributed by atoms with Crippen LogP contribution in [-0.2, 0) is 23.8 Å². The Morgan fingerprint density at radius 2 is 1.59 bits per heavy atom. The number of carbonyl (C=O) groups excluding carboxylic acids is 3. The quantitative estimate of drug-likeness (QED) is 0.124. The largest absolute Gasteiger partial charge is 0.507 e. The fourth-order valence-corrected chi connectivity index (χ4v) is 10.0. The van der Waals surface area contributed by atoms with Gasteiger partial charge in [0.05, 0.1) is 47.4 Å². The number of ketones is 1. The number of amides is 1. The number of aliphatic hydroxyl groups excluding tert-OH is 2. The molecule has 5 N–H and O–H groups in total. The average molecular weight is 877 g/mol. The standard InChI is InChI=1S/C48H68N4O11/c1-25-14-13-15-26(2)47(59)50-39-34(24-49-52-21-19-51(20-22-52)33-16-11-12-17-33)27(3)36-37(43(39)57)42(56)31(7)45-38(36)46(58)48(9,63-45)61-23-18-35(60-10)28(4)44(62-32(8)53)30(6)41(55)29(5)40(25)54/h15,18,23-25,28-30,33,35,40-41,44,54-57H,11-14,16-17,19-22H2,1-10H3,(H,50,59)/b23-18+,26-15-,49-24+/t25-,28+,29+,30+,35-,40?,41+,44+,48-/m0/s1. The summed E-state index contributed by atoms with van der Waals surface area (Å²) < 4.78 is 24.0. The van der Waals surface area contributed by atoms with E-state index in [1.54, 1.807) is 53.0 Å². The molecule has 346 valence electrons. The molecular formula is C48H68N4O11. The number of hydrogen-bond donors (Lipinski definition) is 5. The normalized spacial score (nSPS) is 32.1. The molecule has 4 heterocycles. The van der Waals surface area contributed by atoms with Crippen molar-refractivity contribution in [2.24, 2.45) is 28.8 Å². The first kappa shape index (κ1) is 47.8. The number of methoxy groups -OCH3 is 1. The number of carbonyl (C=O) groups is 3. The van der Waals surface area contributed by atoms with Crippen molar-refractivity contribution in [3.05, 3.63) is 46.2 Å². The number of fused-ring (bicyclic) bond motifs is 15. The highest BCUT2D eigenvalue weighted by Crippen LogP contribution is 2.53. The smallest absolute Gasteiger partial charge is 0.312 e. The lowest BCUT2D eigenvalue weighted by Crippen LogP contribution is -2.47. The number of piperazine rings is 1. The third-order valence-electron chi connectivity index (χ3n) is 14.2. The summed E-state index contributed by atoms with van der Waals surface area (Å²) in [5.74, 6) is -6.35. The van der Waals surface area contributed by atoms with Gasteiger partial charge in [0, 0.05) is 93.0 Å². The fraction of sp³-hybridized carbons (Fsp3) is 0.625. The summed E-state index contributed by atoms with van der Waals surface area (Å²) in [7, 11) is 1.48. The lowest BCUT2D eigenvalue weighted by atomic mass is 9.78. The zero-order valence-corrected chi connectivity index (χ0v) is 38.6. The Balaban J connectivity index is 1.45. The van der Waals surface area contributed by atoms with Crippen LogP contribution in [0.2, 0.25) is 0 Å². The Morgan fingerprint density at radius 3 is 2.22 bits per heavy atom. The molecule has 1 aliphatic carbocycles. The molecule has 1 amide bonds. The Labute approximate surface area is 371 Å². The van der Waals surface area contributed by atoms with Gasteiger partial charge in [-0.05, 0) is 64.0 Å². The van der Waals surface area contributed by atoms with E-state index in [1.165, 1.54) is 52.9 Å². The van der Waals surface area contributed by atoms with E-state index in [4.69, 9.17) is 24.0 Å². The van der Waals surface area contributed by atoms with E-state index in [-0.39, 0.29) is 45.0 Å². The van der Waals surface area contributed by atoms with Gasteiger partial charge in [0.15, 0.2) is 5.75 Å². The number of esters is 1. The van der Waals surface area contributed by atoms with Crippen molar-refractivity contribution in [2.45, 2.75) is 137 Å². The average Bonchev–Trinajstić information content (AvgIpc) is 3.89. The van der Waals surface area contributed by atoms with Gasteiger partial charge in [0.25, 0.3) is 11.7 Å². The van der Waals surface area contributed by atoms with E-state index >= 15 is 0 Å². The summed E-state index contributed by atoms with van der Waals surface area (Å²) in [4.78, 5) is 43.6. The SMILES string of the molecule is CO[C@H]1/C=C/O[C@@]2(C)Oc3c(C)c(O)c4c(O)c(c(/C=N/N5CCN(C6CCCC6)CC5)c(C)c4c3C2=O)NC(=O)/C(C)=C\CC[C@H](C)C(O)[C@@H](C)[C@@H](O)[C@@H](C)[C@H](OC(C)=O)[C@@H]1C. The number of aromatic hydroxyl groups is 2. The molecule has 4 aliphatic heterocycles. The zero-order valence-electron chi connectivity index (χ0n) is 38.6. The van der Waals surface area contributed by atoms with Crippen LogP contribution in [0.4, 0.5) is 5.69 Å². The number of benzene rings is 2. The van der Waals surface area contributed by atoms with Crippen LogP contribution >= 0.6 is 0 Å². The number of rotatable bonds is 5. The first-order chi connectivity index (χ1) is 29.8. The van der Waals surface area contributed by atoms with E-state index in [1.807, 2.05) is 18.9 Å². The molecule has 1 saturated carbocycles. The maximum Gasteiger partial charge on any atom is 0.312 e. The van der Waals surface area contributed by atoms with Crippen LogP contribution in [0.3, 0.4) is 0 Å². The predicted molar refractivity (Wildman–Crippen MR) is 240 cm³/mol. The Bertz CT molecular complexity index is 2140. The van der Waals surface area contributed by atoms with E-state index < -0.39 is 71.4 Å². The first-order valence-corrected chi connectivity index (χ1v) is 22.5. The monoisotopic (exact) mass is 876 g/mol. The van der Waals surface area contributed by atoms with Gasteiger partial charge in [-0.3, -0.25) is 24.3 Å². The second-order valence-corrected chi connectivity index (χ2v) is 18.4. The summed E-state index contributed by atoms with van der Waals surface area (Å²) in [6.45, 7) is 18.0. The molecule has 15 nitrogen and oxygen atoms in total. The lowest BCUT2D eigenvalue weighted by molar-refractivity contribution is -0.160. The van der Waals surface area contributed by atoms with Gasteiger partial charge in [-0.15, -0.1) is 0 Å². The van der Waals surface area contributed by atoms with Crippen LogP contribution in [0.25, 0.3) is 10.8 Å². The number of aliphatic hydroxyl groups is 2. The van der Waals surface area contributed by atoms with Crippen molar-refractivity contribution in [3.8, 4) is 17.2 Å². The second kappa shape index (κ2) is 19.6. The molecule has 5 aliphatic rings. The van der Waals surface area contributed by atoms with Gasteiger partial charge in [0.1, 0.15) is 17.6 Å². The molecule has 15 heteroatoms. The Hall–Kier alpha value is -4.70. The minimum Gasteiger partial charge on any atom is -0.507 e. The number of phenolic OH excluding ortho intramolecular Hbond substituents is 2. The third-order valence-corrected chi connectivity index (χ3v) is 14.2. The summed E-state index contributed by atoms with van der Waals surface area (Å²) in [6.07, 6.45) is 8.42. The highest BCUT2D eigenvalue weighted by molar-refractivity contribution is 6.22. The number of anilines is 1. The van der Waals surface area contributed by atoms with Crippen LogP contribution in [0, 0.1) is 37.5 Å². The molecule has 1 saturated heterocycles. The zero-order chi connectivity index (χ0) is 46.1. The molecule has 9 atom stereocenters. The summed E-state index contributed by atoms with van der Waals surface area (Å²) in [6, 6.07) is 0.598. The van der Waals surface area contributed by atoms with E-state index in [2.05, 4.69) is 10.2 Å². The molecule has 0 spiro atoms. The van der Waals surface area contributed by atoms with E-state index in [0.717, 1.165) is 13.1 Å². The fourth-order valence-electron chi connectivity index (χ4n) is 10.0. The lowest BCUT2D eigenvalue weighted by Gasteiger charge is -2.38. The van der Waals surface area contributed by atoms with Gasteiger partial charge >= 0.3 is 11.8 Å². The van der Waals surface area contributed by atoms with Crippen molar-refractivity contribution in [3.63, 3.8) is 0 Å². The maximum atomic E-state index is 14.7. The number of allylic oxidation sites excluding steroid dienone is 1. The van der Waals surface area contributed by atoms with Gasteiger partial charge in [-0.2, -0.15) is 5.10 Å². The summed E-state index contributed by atoms with van der Waals surface area (Å²) in [5.41, 5.74) is 1.45. The van der Waals surface area contributed by atoms with Crippen molar-refractivity contribution in [1.29, 1.82) is 0 Å². The van der Waals surface area contributed by atoms with Crippen molar-refractivity contribution in [1.82, 2.24) is 9.91 Å². The Morgan fingerprint density at radius 1 is 0.921 bits per heavy atom. The molecule has 2 fully saturated rings. The molecule has 5 bridgehead atoms. The number of hydrazone groups is 1. The minimum absolute atomic E-state index is 0.0241. The summed E-state index contributed by atoms with van der Waals surface area (Å²) in [5, 5.41) is 56.9. The van der Waals surface area contributed by atoms with Gasteiger partial charge in [0.2, 0.25) is 0 Å². The van der Waals surface area contributed by atoms with Crippen LogP contribution in [0.5, 0.6) is 17.2 Å². The summed E-state index contributed by atoms with van der Waals surface area (Å²) >= 11 is 0. The topological polar surface area (TPSA) is 200 Å². The highest BCUT2D eigenvalue weighted by atomic mass is 16.7. The molecule has 7 rings (SSSR count). The highest BCUT2D eigenvalue weighted by Gasteiger charge is 2.49. The molecule has 2 aromatic rings. The van der Waals surface area contributed by atoms with Crippen molar-refractivity contribution >= 4 is 40.3 Å². The number of phenols is 2. The number of nitrogens with zero attached hydrogens (tertiary/aromatic N) is 3. The van der Waals surface area contributed by atoms with Crippen LogP contribution < -0.4 is 10.1 Å². The maximum absolute atomic E-state index is 14.7. The minimum atomic E-state index is -1.93. The van der Waals surface area contributed by atoms with Gasteiger partial charge < -0.3 is 44.7 Å². The van der Waals surface area contributed by atoms with Gasteiger partial charge in [-0.1, -0.05) is 46.6 Å². The van der Waals surface area contributed by atoms with Gasteiger partial charge in [-0.25, -0.2) is 0 Å².